The average Bonchev–Trinajstić information content (AvgIpc) is 3.14. The van der Waals surface area contributed by atoms with Crippen LogP contribution < -0.4 is 5.32 Å². The molecule has 1 saturated heterocycles. The monoisotopic (exact) mass is 399 g/mol. The number of aryl methyl sites for hydroxylation is 1. The van der Waals surface area contributed by atoms with E-state index in [4.69, 9.17) is 0 Å². The number of piperazine rings is 1. The van der Waals surface area contributed by atoms with Crippen molar-refractivity contribution in [2.45, 2.75) is 19.9 Å². The van der Waals surface area contributed by atoms with Crippen molar-refractivity contribution in [3.63, 3.8) is 0 Å². The molecule has 0 saturated carbocycles. The maximum Gasteiger partial charge on any atom is 0.321 e. The smallest absolute Gasteiger partial charge is 0.321 e. The molecule has 156 valence electrons. The number of nitrogens with zero attached hydrogens (tertiary/aromatic N) is 6. The Labute approximate surface area is 171 Å². The number of aromatic nitrogens is 3. The molecule has 1 aliphatic heterocycles. The Kier molecular flexibility index (Phi) is 6.82. The standard InChI is InChI=1S/C20H29N7O2/c1-4-26-9-11-27(12-10-26)19(28)13-16-5-7-17(8-6-16)21-20(29)24(2)14-18-15-25(3)23-22-18/h5-8,15H,4,9-14H2,1-3H3,(H,21,29). The normalized spacial score (nSPS) is 14.7. The summed E-state index contributed by atoms with van der Waals surface area (Å²) in [5.41, 5.74) is 2.35. The van der Waals surface area contributed by atoms with Crippen LogP contribution in [0.1, 0.15) is 18.2 Å². The van der Waals surface area contributed by atoms with Crippen LogP contribution in [0.25, 0.3) is 0 Å². The highest BCUT2D eigenvalue weighted by Crippen LogP contribution is 2.13. The highest BCUT2D eigenvalue weighted by molar-refractivity contribution is 5.89. The zero-order valence-electron chi connectivity index (χ0n) is 17.3. The summed E-state index contributed by atoms with van der Waals surface area (Å²) in [7, 11) is 3.49. The van der Waals surface area contributed by atoms with Gasteiger partial charge in [-0.2, -0.15) is 0 Å². The quantitative estimate of drug-likeness (QED) is 0.788. The Morgan fingerprint density at radius 3 is 2.41 bits per heavy atom. The lowest BCUT2D eigenvalue weighted by atomic mass is 10.1. The summed E-state index contributed by atoms with van der Waals surface area (Å²) in [6.45, 7) is 7.01. The SMILES string of the molecule is CCN1CCN(C(=O)Cc2ccc(NC(=O)N(C)Cc3cn(C)nn3)cc2)CC1. The molecular weight excluding hydrogens is 370 g/mol. The molecule has 0 radical (unpaired) electrons. The van der Waals surface area contributed by atoms with Gasteiger partial charge in [0.25, 0.3) is 0 Å². The van der Waals surface area contributed by atoms with E-state index in [1.54, 1.807) is 25.0 Å². The number of anilines is 1. The van der Waals surface area contributed by atoms with E-state index in [0.29, 0.717) is 18.7 Å². The van der Waals surface area contributed by atoms with E-state index >= 15 is 0 Å². The van der Waals surface area contributed by atoms with Crippen LogP contribution in [-0.4, -0.2) is 81.4 Å². The van der Waals surface area contributed by atoms with Crippen LogP contribution in [0.2, 0.25) is 0 Å². The summed E-state index contributed by atoms with van der Waals surface area (Å²) in [5.74, 6) is 0.154. The van der Waals surface area contributed by atoms with Crippen LogP contribution in [0, 0.1) is 0 Å². The number of carbonyl (C=O) groups is 2. The Morgan fingerprint density at radius 1 is 1.14 bits per heavy atom. The first-order chi connectivity index (χ1) is 13.9. The van der Waals surface area contributed by atoms with Gasteiger partial charge in [0, 0.05) is 52.2 Å². The molecule has 2 heterocycles. The lowest BCUT2D eigenvalue weighted by molar-refractivity contribution is -0.132. The minimum atomic E-state index is -0.228. The molecule has 0 atom stereocenters. The lowest BCUT2D eigenvalue weighted by Gasteiger charge is -2.34. The molecule has 1 aromatic carbocycles. The largest absolute Gasteiger partial charge is 0.340 e. The van der Waals surface area contributed by atoms with Crippen molar-refractivity contribution in [1.82, 2.24) is 29.7 Å². The third-order valence-electron chi connectivity index (χ3n) is 5.13. The number of amides is 3. The van der Waals surface area contributed by atoms with Gasteiger partial charge < -0.3 is 20.0 Å². The van der Waals surface area contributed by atoms with Crippen molar-refractivity contribution in [3.8, 4) is 0 Å². The third-order valence-corrected chi connectivity index (χ3v) is 5.13. The molecule has 29 heavy (non-hydrogen) atoms. The molecule has 2 aromatic rings. The Morgan fingerprint density at radius 2 is 1.83 bits per heavy atom. The predicted molar refractivity (Wildman–Crippen MR) is 110 cm³/mol. The number of hydrogen-bond acceptors (Lipinski definition) is 5. The molecule has 3 rings (SSSR count). The number of carbonyl (C=O) groups excluding carboxylic acids is 2. The van der Waals surface area contributed by atoms with Crippen molar-refractivity contribution in [2.75, 3.05) is 45.1 Å². The summed E-state index contributed by atoms with van der Waals surface area (Å²) >= 11 is 0. The molecule has 0 unspecified atom stereocenters. The highest BCUT2D eigenvalue weighted by Gasteiger charge is 2.20. The van der Waals surface area contributed by atoms with E-state index < -0.39 is 0 Å². The van der Waals surface area contributed by atoms with E-state index in [9.17, 15) is 9.59 Å². The van der Waals surface area contributed by atoms with Crippen LogP contribution in [0.15, 0.2) is 30.5 Å². The number of hydrogen-bond donors (Lipinski definition) is 1. The van der Waals surface area contributed by atoms with Crippen LogP contribution in [0.4, 0.5) is 10.5 Å². The number of nitrogens with one attached hydrogen (secondary N) is 1. The molecule has 0 spiro atoms. The second-order valence-electron chi connectivity index (χ2n) is 7.36. The summed E-state index contributed by atoms with van der Waals surface area (Å²) in [6, 6.07) is 7.20. The van der Waals surface area contributed by atoms with Gasteiger partial charge in [-0.25, -0.2) is 4.79 Å². The fourth-order valence-corrected chi connectivity index (χ4v) is 3.31. The first-order valence-electron chi connectivity index (χ1n) is 9.91. The molecule has 1 fully saturated rings. The Balaban J connectivity index is 1.48. The van der Waals surface area contributed by atoms with Crippen LogP contribution in [0.5, 0.6) is 0 Å². The van der Waals surface area contributed by atoms with Gasteiger partial charge in [0.1, 0.15) is 5.69 Å². The van der Waals surface area contributed by atoms with Crippen molar-refractivity contribution < 1.29 is 9.59 Å². The maximum absolute atomic E-state index is 12.5. The molecule has 1 aromatic heterocycles. The number of urea groups is 1. The van der Waals surface area contributed by atoms with Gasteiger partial charge in [0.2, 0.25) is 5.91 Å². The number of rotatable bonds is 6. The minimum absolute atomic E-state index is 0.154. The first-order valence-corrected chi connectivity index (χ1v) is 9.91. The van der Waals surface area contributed by atoms with Gasteiger partial charge in [0.15, 0.2) is 0 Å². The summed E-state index contributed by atoms with van der Waals surface area (Å²) in [5, 5.41) is 10.7. The van der Waals surface area contributed by atoms with Crippen LogP contribution in [-0.2, 0) is 24.8 Å². The summed E-state index contributed by atoms with van der Waals surface area (Å²) < 4.78 is 1.60. The van der Waals surface area contributed by atoms with Crippen LogP contribution in [0.3, 0.4) is 0 Å². The van der Waals surface area contributed by atoms with Crippen molar-refractivity contribution in [2.24, 2.45) is 7.05 Å². The van der Waals surface area contributed by atoms with Gasteiger partial charge in [-0.3, -0.25) is 9.48 Å². The van der Waals surface area contributed by atoms with Crippen molar-refractivity contribution >= 4 is 17.6 Å². The Hall–Kier alpha value is -2.94. The zero-order valence-corrected chi connectivity index (χ0v) is 17.3. The third kappa shape index (κ3) is 5.77. The van der Waals surface area contributed by atoms with Crippen LogP contribution >= 0.6 is 0 Å². The summed E-state index contributed by atoms with van der Waals surface area (Å²) in [4.78, 5) is 30.7. The first kappa shape index (κ1) is 20.8. The number of likely N-dealkylation sites (N-methyl/N-ethyl adjacent to an activating group) is 1. The predicted octanol–water partition coefficient (Wildman–Crippen LogP) is 1.19. The van der Waals surface area contributed by atoms with Crippen molar-refractivity contribution in [1.29, 1.82) is 0 Å². The van der Waals surface area contributed by atoms with Gasteiger partial charge in [-0.15, -0.1) is 5.10 Å². The zero-order chi connectivity index (χ0) is 20.8. The van der Waals surface area contributed by atoms with E-state index in [2.05, 4.69) is 27.5 Å². The van der Waals surface area contributed by atoms with Gasteiger partial charge in [-0.1, -0.05) is 24.3 Å². The topological polar surface area (TPSA) is 86.6 Å². The number of benzene rings is 1. The molecule has 9 heteroatoms. The highest BCUT2D eigenvalue weighted by atomic mass is 16.2. The fraction of sp³-hybridized carbons (Fsp3) is 0.500. The second kappa shape index (κ2) is 9.51. The fourth-order valence-electron chi connectivity index (χ4n) is 3.31. The maximum atomic E-state index is 12.5. The molecule has 0 aliphatic carbocycles. The molecule has 3 amide bonds. The molecule has 0 bridgehead atoms. The minimum Gasteiger partial charge on any atom is -0.340 e. The van der Waals surface area contributed by atoms with E-state index in [1.807, 2.05) is 29.2 Å². The van der Waals surface area contributed by atoms with Gasteiger partial charge in [-0.05, 0) is 24.2 Å². The van der Waals surface area contributed by atoms with Gasteiger partial charge >= 0.3 is 6.03 Å². The van der Waals surface area contributed by atoms with E-state index in [0.717, 1.165) is 44.0 Å². The van der Waals surface area contributed by atoms with E-state index in [1.165, 1.54) is 4.90 Å². The average molecular weight is 399 g/mol. The molecular formula is C20H29N7O2. The van der Waals surface area contributed by atoms with Gasteiger partial charge in [0.05, 0.1) is 13.0 Å². The Bertz CT molecular complexity index is 826. The van der Waals surface area contributed by atoms with E-state index in [-0.39, 0.29) is 11.9 Å². The summed E-state index contributed by atoms with van der Waals surface area (Å²) in [6.07, 6.45) is 2.16. The molecule has 1 N–H and O–H groups in total. The molecule has 1 aliphatic rings. The van der Waals surface area contributed by atoms with Crippen molar-refractivity contribution in [3.05, 3.63) is 41.7 Å². The second-order valence-corrected chi connectivity index (χ2v) is 7.36. The molecule has 9 nitrogen and oxygen atoms in total. The lowest BCUT2D eigenvalue weighted by Crippen LogP contribution is -2.48.